The number of carbonyl (C=O) groups is 1. The third-order valence-corrected chi connectivity index (χ3v) is 2.36. The lowest BCUT2D eigenvalue weighted by molar-refractivity contribution is -0.117. The van der Waals surface area contributed by atoms with Crippen LogP contribution in [0.2, 0.25) is 0 Å². The second-order valence-corrected chi connectivity index (χ2v) is 3.43. The van der Waals surface area contributed by atoms with Crippen molar-refractivity contribution in [1.29, 1.82) is 0 Å². The summed E-state index contributed by atoms with van der Waals surface area (Å²) in [4.78, 5) is 11.0. The fourth-order valence-corrected chi connectivity index (χ4v) is 1.48. The highest BCUT2D eigenvalue weighted by molar-refractivity contribution is 5.80. The van der Waals surface area contributed by atoms with Gasteiger partial charge in [-0.1, -0.05) is 6.07 Å². The van der Waals surface area contributed by atoms with Crippen molar-refractivity contribution >= 4 is 5.78 Å². The standard InChI is InChI=1S/C11H13NO3/c12-6-9(13)3-1-8-2-4-10-11(5-8)15-7-14-10/h2,4-5H,1,3,6-7,12H2. The Kier molecular flexibility index (Phi) is 2.87. The van der Waals surface area contributed by atoms with Gasteiger partial charge in [-0.15, -0.1) is 0 Å². The van der Waals surface area contributed by atoms with E-state index >= 15 is 0 Å². The Labute approximate surface area is 88.0 Å². The van der Waals surface area contributed by atoms with Crippen LogP contribution in [-0.2, 0) is 11.2 Å². The van der Waals surface area contributed by atoms with Crippen LogP contribution < -0.4 is 15.2 Å². The fraction of sp³-hybridized carbons (Fsp3) is 0.364. The van der Waals surface area contributed by atoms with Crippen LogP contribution >= 0.6 is 0 Å². The highest BCUT2D eigenvalue weighted by Crippen LogP contribution is 2.32. The molecule has 2 rings (SSSR count). The van der Waals surface area contributed by atoms with Crippen molar-refractivity contribution in [3.63, 3.8) is 0 Å². The smallest absolute Gasteiger partial charge is 0.231 e. The van der Waals surface area contributed by atoms with Crippen molar-refractivity contribution in [2.75, 3.05) is 13.3 Å². The third-order valence-electron chi connectivity index (χ3n) is 2.36. The van der Waals surface area contributed by atoms with Crippen LogP contribution in [0.25, 0.3) is 0 Å². The number of aryl methyl sites for hydroxylation is 1. The molecule has 4 heteroatoms. The van der Waals surface area contributed by atoms with Crippen LogP contribution in [0, 0.1) is 0 Å². The fourth-order valence-electron chi connectivity index (χ4n) is 1.48. The van der Waals surface area contributed by atoms with Crippen LogP contribution in [-0.4, -0.2) is 19.1 Å². The maximum Gasteiger partial charge on any atom is 0.231 e. The molecule has 0 spiro atoms. The molecule has 2 N–H and O–H groups in total. The minimum absolute atomic E-state index is 0.0765. The zero-order chi connectivity index (χ0) is 10.7. The van der Waals surface area contributed by atoms with E-state index in [1.165, 1.54) is 0 Å². The van der Waals surface area contributed by atoms with Crippen molar-refractivity contribution in [2.45, 2.75) is 12.8 Å². The first-order chi connectivity index (χ1) is 7.29. The molecule has 0 radical (unpaired) electrons. The summed E-state index contributed by atoms with van der Waals surface area (Å²) in [6, 6.07) is 5.72. The lowest BCUT2D eigenvalue weighted by atomic mass is 10.1. The molecule has 1 aliphatic rings. The topological polar surface area (TPSA) is 61.6 Å². The number of nitrogens with two attached hydrogens (primary N) is 1. The van der Waals surface area contributed by atoms with Gasteiger partial charge in [0, 0.05) is 6.42 Å². The van der Waals surface area contributed by atoms with Crippen molar-refractivity contribution in [2.24, 2.45) is 5.73 Å². The van der Waals surface area contributed by atoms with E-state index in [9.17, 15) is 4.79 Å². The maximum absolute atomic E-state index is 11.0. The highest BCUT2D eigenvalue weighted by Gasteiger charge is 2.13. The molecule has 0 aliphatic carbocycles. The van der Waals surface area contributed by atoms with E-state index < -0.39 is 0 Å². The summed E-state index contributed by atoms with van der Waals surface area (Å²) in [5.74, 6) is 1.60. The summed E-state index contributed by atoms with van der Waals surface area (Å²) in [6.45, 7) is 0.394. The second-order valence-electron chi connectivity index (χ2n) is 3.43. The summed E-state index contributed by atoms with van der Waals surface area (Å²) < 4.78 is 10.4. The van der Waals surface area contributed by atoms with Crippen molar-refractivity contribution in [1.82, 2.24) is 0 Å². The Bertz CT molecular complexity index is 376. The van der Waals surface area contributed by atoms with Gasteiger partial charge in [-0.2, -0.15) is 0 Å². The second kappa shape index (κ2) is 4.31. The number of Topliss-reactive ketones (excluding diaryl/α,β-unsaturated/α-hetero) is 1. The Balaban J connectivity index is 2.01. The molecule has 0 amide bonds. The van der Waals surface area contributed by atoms with Crippen LogP contribution in [0.1, 0.15) is 12.0 Å². The Hall–Kier alpha value is -1.55. The molecule has 80 valence electrons. The molecule has 15 heavy (non-hydrogen) atoms. The highest BCUT2D eigenvalue weighted by atomic mass is 16.7. The van der Waals surface area contributed by atoms with Crippen molar-refractivity contribution in [3.05, 3.63) is 23.8 Å². The molecule has 1 aromatic rings. The summed E-state index contributed by atoms with van der Waals surface area (Å²) in [6.07, 6.45) is 1.18. The monoisotopic (exact) mass is 207 g/mol. The first kappa shape index (κ1) is 9.98. The molecule has 0 saturated heterocycles. The molecule has 0 bridgehead atoms. The number of hydrogen-bond donors (Lipinski definition) is 1. The zero-order valence-corrected chi connectivity index (χ0v) is 8.36. The van der Waals surface area contributed by atoms with E-state index in [0.29, 0.717) is 12.8 Å². The normalized spacial score (nSPS) is 12.9. The van der Waals surface area contributed by atoms with E-state index in [2.05, 4.69) is 0 Å². The van der Waals surface area contributed by atoms with Gasteiger partial charge in [-0.05, 0) is 24.1 Å². The summed E-state index contributed by atoms with van der Waals surface area (Å²) >= 11 is 0. The largest absolute Gasteiger partial charge is 0.454 e. The molecular weight excluding hydrogens is 194 g/mol. The predicted molar refractivity (Wildman–Crippen MR) is 54.9 cm³/mol. The lowest BCUT2D eigenvalue weighted by Gasteiger charge is -2.01. The zero-order valence-electron chi connectivity index (χ0n) is 8.36. The van der Waals surface area contributed by atoms with Gasteiger partial charge < -0.3 is 15.2 Å². The molecule has 1 heterocycles. The number of ether oxygens (including phenoxy) is 2. The summed E-state index contributed by atoms with van der Waals surface area (Å²) in [5.41, 5.74) is 6.30. The van der Waals surface area contributed by atoms with Crippen LogP contribution in [0.4, 0.5) is 0 Å². The average Bonchev–Trinajstić information content (AvgIpc) is 2.72. The SMILES string of the molecule is NCC(=O)CCc1ccc2c(c1)OCO2. The average molecular weight is 207 g/mol. The number of rotatable bonds is 4. The van der Waals surface area contributed by atoms with Crippen LogP contribution in [0.5, 0.6) is 11.5 Å². The first-order valence-corrected chi connectivity index (χ1v) is 4.90. The molecule has 0 atom stereocenters. The number of benzene rings is 1. The molecule has 0 fully saturated rings. The van der Waals surface area contributed by atoms with Gasteiger partial charge in [-0.25, -0.2) is 0 Å². The van der Waals surface area contributed by atoms with E-state index in [4.69, 9.17) is 15.2 Å². The first-order valence-electron chi connectivity index (χ1n) is 4.90. The number of hydrogen-bond acceptors (Lipinski definition) is 4. The van der Waals surface area contributed by atoms with Crippen molar-refractivity contribution < 1.29 is 14.3 Å². The molecular formula is C11H13NO3. The van der Waals surface area contributed by atoms with Crippen molar-refractivity contribution in [3.8, 4) is 11.5 Å². The lowest BCUT2D eigenvalue weighted by Crippen LogP contribution is -2.13. The third kappa shape index (κ3) is 2.27. The summed E-state index contributed by atoms with van der Waals surface area (Å²) in [5, 5.41) is 0. The molecule has 4 nitrogen and oxygen atoms in total. The number of ketones is 1. The quantitative estimate of drug-likeness (QED) is 0.796. The Morgan fingerprint density at radius 3 is 2.93 bits per heavy atom. The van der Waals surface area contributed by atoms with Crippen LogP contribution in [0.15, 0.2) is 18.2 Å². The molecule has 1 aliphatic heterocycles. The number of fused-ring (bicyclic) bond motifs is 1. The van der Waals surface area contributed by atoms with Gasteiger partial charge in [0.1, 0.15) is 5.78 Å². The van der Waals surface area contributed by atoms with Gasteiger partial charge in [0.05, 0.1) is 6.54 Å². The van der Waals surface area contributed by atoms with E-state index in [-0.39, 0.29) is 19.1 Å². The molecule has 0 saturated carbocycles. The van der Waals surface area contributed by atoms with Gasteiger partial charge in [-0.3, -0.25) is 4.79 Å². The number of carbonyl (C=O) groups excluding carboxylic acids is 1. The Morgan fingerprint density at radius 1 is 1.33 bits per heavy atom. The minimum Gasteiger partial charge on any atom is -0.454 e. The van der Waals surface area contributed by atoms with E-state index in [1.807, 2.05) is 18.2 Å². The van der Waals surface area contributed by atoms with E-state index in [0.717, 1.165) is 17.1 Å². The predicted octanol–water partition coefficient (Wildman–Crippen LogP) is 0.876. The van der Waals surface area contributed by atoms with Gasteiger partial charge in [0.15, 0.2) is 11.5 Å². The van der Waals surface area contributed by atoms with E-state index in [1.54, 1.807) is 0 Å². The van der Waals surface area contributed by atoms with Gasteiger partial charge in [0.25, 0.3) is 0 Å². The molecule has 1 aromatic carbocycles. The van der Waals surface area contributed by atoms with Gasteiger partial charge in [0.2, 0.25) is 6.79 Å². The minimum atomic E-state index is 0.0765. The molecule has 0 aromatic heterocycles. The maximum atomic E-state index is 11.0. The Morgan fingerprint density at radius 2 is 2.13 bits per heavy atom. The molecule has 0 unspecified atom stereocenters. The van der Waals surface area contributed by atoms with Crippen LogP contribution in [0.3, 0.4) is 0 Å². The van der Waals surface area contributed by atoms with Gasteiger partial charge >= 0.3 is 0 Å². The summed E-state index contributed by atoms with van der Waals surface area (Å²) in [7, 11) is 0.